The third-order valence-electron chi connectivity index (χ3n) is 6.56. The lowest BCUT2D eigenvalue weighted by Crippen LogP contribution is -2.58. The van der Waals surface area contributed by atoms with Crippen LogP contribution in [0.1, 0.15) is 30.0 Å². The zero-order valence-electron chi connectivity index (χ0n) is 20.1. The van der Waals surface area contributed by atoms with E-state index in [4.69, 9.17) is 35.2 Å². The molecule has 0 N–H and O–H groups in total. The van der Waals surface area contributed by atoms with Crippen LogP contribution in [0.5, 0.6) is 11.5 Å². The Morgan fingerprint density at radius 2 is 2.08 bits per heavy atom. The monoisotopic (exact) mass is 554 g/mol. The number of rotatable bonds is 5. The summed E-state index contributed by atoms with van der Waals surface area (Å²) in [5, 5.41) is -0.0376. The second-order valence-corrected chi connectivity index (χ2v) is 10.4. The third-order valence-corrected chi connectivity index (χ3v) is 7.84. The van der Waals surface area contributed by atoms with E-state index in [1.54, 1.807) is 31.2 Å². The van der Waals surface area contributed by atoms with E-state index in [1.807, 2.05) is 18.2 Å². The first-order chi connectivity index (χ1) is 18.3. The van der Waals surface area contributed by atoms with Crippen LogP contribution in [0.4, 0.5) is 4.39 Å². The van der Waals surface area contributed by atoms with E-state index >= 15 is 0 Å². The predicted molar refractivity (Wildman–Crippen MR) is 136 cm³/mol. The summed E-state index contributed by atoms with van der Waals surface area (Å²) in [6.07, 6.45) is 1.62. The van der Waals surface area contributed by atoms with E-state index in [-0.39, 0.29) is 17.2 Å². The number of hydrogen-bond donors (Lipinski definition) is 0. The molecule has 3 unspecified atom stereocenters. The molecule has 194 valence electrons. The van der Waals surface area contributed by atoms with Gasteiger partial charge in [-0.2, -0.15) is 0 Å². The number of hydrogen-bond acceptors (Lipinski definition) is 8. The number of fused-ring (bicyclic) bond motifs is 6. The summed E-state index contributed by atoms with van der Waals surface area (Å²) in [4.78, 5) is 31.7. The molecule has 0 fully saturated rings. The number of carbonyl (C=O) groups excluding carboxylic acids is 1. The van der Waals surface area contributed by atoms with E-state index < -0.39 is 29.5 Å². The number of aromatic nitrogens is 1. The van der Waals surface area contributed by atoms with Gasteiger partial charge in [0.2, 0.25) is 5.72 Å². The van der Waals surface area contributed by atoms with Gasteiger partial charge in [0.25, 0.3) is 5.56 Å². The fourth-order valence-electron chi connectivity index (χ4n) is 4.83. The van der Waals surface area contributed by atoms with Crippen molar-refractivity contribution in [2.75, 3.05) is 7.11 Å². The van der Waals surface area contributed by atoms with E-state index in [0.717, 1.165) is 0 Å². The van der Waals surface area contributed by atoms with Gasteiger partial charge in [0.1, 0.15) is 41.4 Å². The summed E-state index contributed by atoms with van der Waals surface area (Å²) in [6, 6.07) is 14.2. The van der Waals surface area contributed by atoms with Gasteiger partial charge in [-0.25, -0.2) is 9.38 Å². The molecular weight excluding hydrogens is 535 g/mol. The van der Waals surface area contributed by atoms with Gasteiger partial charge < -0.3 is 18.6 Å². The predicted octanol–water partition coefficient (Wildman–Crippen LogP) is 3.82. The van der Waals surface area contributed by atoms with Crippen molar-refractivity contribution < 1.29 is 27.8 Å². The van der Waals surface area contributed by atoms with Crippen LogP contribution in [0.2, 0.25) is 5.02 Å². The maximum atomic E-state index is 13.6. The average molecular weight is 555 g/mol. The number of thiazole rings is 1. The average Bonchev–Trinajstić information content (AvgIpc) is 3.46. The van der Waals surface area contributed by atoms with Crippen LogP contribution in [0.25, 0.3) is 6.08 Å². The fraction of sp³-hybridized carbons (Fsp3) is 0.222. The summed E-state index contributed by atoms with van der Waals surface area (Å²) >= 11 is 6.98. The van der Waals surface area contributed by atoms with E-state index in [1.165, 1.54) is 41.2 Å². The van der Waals surface area contributed by atoms with Gasteiger partial charge >= 0.3 is 5.97 Å². The van der Waals surface area contributed by atoms with Crippen molar-refractivity contribution in [1.29, 1.82) is 0 Å². The highest BCUT2D eigenvalue weighted by molar-refractivity contribution is 7.07. The smallest absolute Gasteiger partial charge is 0.317 e. The van der Waals surface area contributed by atoms with Crippen molar-refractivity contribution >= 4 is 35.0 Å². The zero-order chi connectivity index (χ0) is 26.6. The van der Waals surface area contributed by atoms with Crippen LogP contribution in [0, 0.1) is 11.7 Å². The van der Waals surface area contributed by atoms with Crippen molar-refractivity contribution in [3.63, 3.8) is 0 Å². The molecule has 2 aliphatic rings. The first kappa shape index (κ1) is 24.4. The van der Waals surface area contributed by atoms with Crippen molar-refractivity contribution in [2.45, 2.75) is 25.3 Å². The molecule has 4 aromatic rings. The van der Waals surface area contributed by atoms with Crippen molar-refractivity contribution in [1.82, 2.24) is 4.57 Å². The summed E-state index contributed by atoms with van der Waals surface area (Å²) in [5.41, 5.74) is -0.832. The first-order valence-electron chi connectivity index (χ1n) is 11.6. The van der Waals surface area contributed by atoms with E-state index in [2.05, 4.69) is 0 Å². The molecule has 0 radical (unpaired) electrons. The SMILES string of the molecule is COC(=O)C1C2c3ccccc3OC1(C)N=c1s/c(=C/c3ccc(COc4ccc(F)c(Cl)c4)o3)c(=O)n12. The van der Waals surface area contributed by atoms with Gasteiger partial charge in [0, 0.05) is 17.7 Å². The van der Waals surface area contributed by atoms with Crippen molar-refractivity contribution in [3.05, 3.63) is 102 Å². The summed E-state index contributed by atoms with van der Waals surface area (Å²) in [5.74, 6) is 0.0105. The fourth-order valence-corrected chi connectivity index (χ4v) is 6.08. The van der Waals surface area contributed by atoms with Crippen LogP contribution in [-0.2, 0) is 16.1 Å². The van der Waals surface area contributed by atoms with Crippen molar-refractivity contribution in [2.24, 2.45) is 10.9 Å². The highest BCUT2D eigenvalue weighted by atomic mass is 35.5. The molecule has 2 aromatic heterocycles. The minimum atomic E-state index is -1.24. The molecule has 6 rings (SSSR count). The van der Waals surface area contributed by atoms with Gasteiger partial charge in [-0.05, 0) is 37.3 Å². The Kier molecular flexibility index (Phi) is 5.88. The maximum Gasteiger partial charge on any atom is 0.317 e. The molecule has 0 saturated heterocycles. The lowest BCUT2D eigenvalue weighted by Gasteiger charge is -2.44. The third kappa shape index (κ3) is 4.00. The lowest BCUT2D eigenvalue weighted by atomic mass is 9.81. The normalized spacial score (nSPS) is 21.6. The number of furan rings is 1. The van der Waals surface area contributed by atoms with Gasteiger partial charge in [-0.3, -0.25) is 14.2 Å². The number of para-hydroxylation sites is 1. The topological polar surface area (TPSA) is 92.3 Å². The van der Waals surface area contributed by atoms with Crippen molar-refractivity contribution in [3.8, 4) is 11.5 Å². The van der Waals surface area contributed by atoms with Gasteiger partial charge in [-0.1, -0.05) is 41.1 Å². The maximum absolute atomic E-state index is 13.6. The Bertz CT molecular complexity index is 1760. The largest absolute Gasteiger partial charge is 0.486 e. The molecule has 38 heavy (non-hydrogen) atoms. The Balaban J connectivity index is 1.37. The van der Waals surface area contributed by atoms with Crippen LogP contribution < -0.4 is 24.4 Å². The molecule has 0 amide bonds. The molecule has 2 aliphatic heterocycles. The summed E-state index contributed by atoms with van der Waals surface area (Å²) < 4.78 is 38.0. The van der Waals surface area contributed by atoms with Gasteiger partial charge in [0.05, 0.1) is 22.7 Å². The number of ether oxygens (including phenoxy) is 3. The van der Waals surface area contributed by atoms with Crippen LogP contribution in [0.15, 0.2) is 68.8 Å². The number of methoxy groups -OCH3 is 1. The molecule has 4 heterocycles. The van der Waals surface area contributed by atoms with Gasteiger partial charge in [0.15, 0.2) is 4.80 Å². The first-order valence-corrected chi connectivity index (χ1v) is 12.8. The molecule has 0 aliphatic carbocycles. The number of esters is 1. The minimum absolute atomic E-state index is 0.0376. The zero-order valence-corrected chi connectivity index (χ0v) is 21.7. The second kappa shape index (κ2) is 9.14. The molecule has 3 atom stereocenters. The Morgan fingerprint density at radius 1 is 1.26 bits per heavy atom. The number of benzene rings is 2. The standard InChI is InChI=1S/C27H20ClFN2O6S/c1-27-22(25(33)34-2)23(17-5-3-4-6-20(17)37-27)31-24(32)21(38-26(31)30-27)12-15-7-8-16(36-15)13-35-14-9-10-19(29)18(28)11-14/h3-12,22-23H,13H2,1-2H3/b21-12+. The number of halogens is 2. The number of carbonyl (C=O) groups is 1. The van der Waals surface area contributed by atoms with E-state index in [9.17, 15) is 14.0 Å². The summed E-state index contributed by atoms with van der Waals surface area (Å²) in [6.45, 7) is 1.81. The number of nitrogens with zero attached hydrogens (tertiary/aromatic N) is 2. The Morgan fingerprint density at radius 3 is 2.87 bits per heavy atom. The van der Waals surface area contributed by atoms with Crippen LogP contribution >= 0.6 is 22.9 Å². The van der Waals surface area contributed by atoms with E-state index in [0.29, 0.717) is 37.9 Å². The molecular formula is C27H20ClFN2O6S. The van der Waals surface area contributed by atoms with Crippen LogP contribution in [0.3, 0.4) is 0 Å². The highest BCUT2D eigenvalue weighted by Gasteiger charge is 2.55. The minimum Gasteiger partial charge on any atom is -0.486 e. The van der Waals surface area contributed by atoms with Crippen LogP contribution in [-0.4, -0.2) is 23.4 Å². The molecule has 8 nitrogen and oxygen atoms in total. The Labute approximate surface area is 224 Å². The summed E-state index contributed by atoms with van der Waals surface area (Å²) in [7, 11) is 1.31. The molecule has 2 aromatic carbocycles. The lowest BCUT2D eigenvalue weighted by molar-refractivity contribution is -0.158. The second-order valence-electron chi connectivity index (χ2n) is 8.99. The van der Waals surface area contributed by atoms with Gasteiger partial charge in [-0.15, -0.1) is 0 Å². The molecule has 2 bridgehead atoms. The molecule has 0 saturated carbocycles. The molecule has 11 heteroatoms. The molecule has 0 spiro atoms. The Hall–Kier alpha value is -3.89. The highest BCUT2D eigenvalue weighted by Crippen LogP contribution is 2.47. The quantitative estimate of drug-likeness (QED) is 0.348.